The summed E-state index contributed by atoms with van der Waals surface area (Å²) in [5.41, 5.74) is 1.38. The molecule has 0 aromatic heterocycles. The molecule has 0 bridgehead atoms. The van der Waals surface area contributed by atoms with Crippen LogP contribution in [-0.2, 0) is 6.42 Å². The van der Waals surface area contributed by atoms with Gasteiger partial charge in [0.2, 0.25) is 0 Å². The van der Waals surface area contributed by atoms with Crippen molar-refractivity contribution >= 4 is 16.9 Å². The Labute approximate surface area is 114 Å². The summed E-state index contributed by atoms with van der Waals surface area (Å²) in [4.78, 5) is 4.79. The van der Waals surface area contributed by atoms with Gasteiger partial charge in [0.1, 0.15) is 0 Å². The highest BCUT2D eigenvalue weighted by Gasteiger charge is 2.19. The van der Waals surface area contributed by atoms with Crippen LogP contribution >= 0.6 is 11.8 Å². The van der Waals surface area contributed by atoms with E-state index >= 15 is 0 Å². The quantitative estimate of drug-likeness (QED) is 0.878. The first-order valence-corrected chi connectivity index (χ1v) is 7.81. The maximum absolute atomic E-state index is 4.79. The lowest BCUT2D eigenvalue weighted by Crippen LogP contribution is -2.31. The van der Waals surface area contributed by atoms with Gasteiger partial charge >= 0.3 is 0 Å². The number of thioether (sulfide) groups is 1. The molecule has 0 radical (unpaired) electrons. The van der Waals surface area contributed by atoms with Crippen molar-refractivity contribution in [2.45, 2.75) is 45.2 Å². The van der Waals surface area contributed by atoms with Crippen LogP contribution in [0.2, 0.25) is 0 Å². The second-order valence-electron chi connectivity index (χ2n) is 4.75. The first-order valence-electron chi connectivity index (χ1n) is 6.82. The number of hydrogen-bond donors (Lipinski definition) is 1. The fraction of sp³-hybridized carbons (Fsp3) is 0.533. The first kappa shape index (κ1) is 13.5. The highest BCUT2D eigenvalue weighted by Crippen LogP contribution is 2.20. The molecule has 98 valence electrons. The fourth-order valence-corrected chi connectivity index (χ4v) is 3.17. The minimum atomic E-state index is 0.439. The lowest BCUT2D eigenvalue weighted by Gasteiger charge is -2.14. The minimum Gasteiger partial charge on any atom is -0.362 e. The second-order valence-corrected chi connectivity index (χ2v) is 5.76. The topological polar surface area (TPSA) is 24.4 Å². The number of amidine groups is 1. The number of benzene rings is 1. The normalized spacial score (nSPS) is 19.1. The number of nitrogens with one attached hydrogen (secondary N) is 1. The van der Waals surface area contributed by atoms with E-state index in [4.69, 9.17) is 4.99 Å². The van der Waals surface area contributed by atoms with Crippen LogP contribution in [0.3, 0.4) is 0 Å². The molecule has 0 aliphatic carbocycles. The molecule has 2 rings (SSSR count). The summed E-state index contributed by atoms with van der Waals surface area (Å²) in [6.45, 7) is 4.45. The third kappa shape index (κ3) is 3.77. The third-order valence-electron chi connectivity index (χ3n) is 3.34. The van der Waals surface area contributed by atoms with Gasteiger partial charge in [-0.3, -0.25) is 4.99 Å². The summed E-state index contributed by atoms with van der Waals surface area (Å²) < 4.78 is 0. The van der Waals surface area contributed by atoms with Gasteiger partial charge in [0.25, 0.3) is 0 Å². The Morgan fingerprint density at radius 2 is 2.00 bits per heavy atom. The average molecular weight is 262 g/mol. The molecule has 0 saturated carbocycles. The molecule has 1 heterocycles. The maximum atomic E-state index is 4.79. The van der Waals surface area contributed by atoms with Gasteiger partial charge in [0, 0.05) is 11.8 Å². The number of hydrogen-bond acceptors (Lipinski definition) is 3. The number of nitrogens with zero attached hydrogens (tertiary/aromatic N) is 1. The molecule has 0 saturated heterocycles. The first-order chi connectivity index (χ1) is 8.81. The van der Waals surface area contributed by atoms with Crippen LogP contribution in [0.25, 0.3) is 0 Å². The van der Waals surface area contributed by atoms with Crippen LogP contribution in [-0.4, -0.2) is 23.0 Å². The Balaban J connectivity index is 1.88. The Morgan fingerprint density at radius 1 is 1.28 bits per heavy atom. The van der Waals surface area contributed by atoms with Crippen molar-refractivity contribution in [2.75, 3.05) is 5.75 Å². The van der Waals surface area contributed by atoms with Crippen molar-refractivity contribution in [3.05, 3.63) is 35.9 Å². The zero-order valence-electron chi connectivity index (χ0n) is 11.2. The molecule has 1 aromatic rings. The molecular weight excluding hydrogens is 240 g/mol. The van der Waals surface area contributed by atoms with Gasteiger partial charge in [-0.25, -0.2) is 0 Å². The molecule has 0 spiro atoms. The molecule has 0 amide bonds. The van der Waals surface area contributed by atoms with Crippen molar-refractivity contribution in [2.24, 2.45) is 4.99 Å². The second kappa shape index (κ2) is 6.83. The molecule has 1 atom stereocenters. The Morgan fingerprint density at radius 3 is 2.67 bits per heavy atom. The van der Waals surface area contributed by atoms with Crippen LogP contribution in [0.4, 0.5) is 0 Å². The smallest absolute Gasteiger partial charge is 0.157 e. The van der Waals surface area contributed by atoms with Gasteiger partial charge in [-0.15, -0.1) is 0 Å². The van der Waals surface area contributed by atoms with Crippen LogP contribution in [0.15, 0.2) is 35.3 Å². The SMILES string of the molecule is CCC(CC)NC1=NC(Cc2ccccc2)CS1. The summed E-state index contributed by atoms with van der Waals surface area (Å²) in [5.74, 6) is 1.11. The van der Waals surface area contributed by atoms with Crippen molar-refractivity contribution < 1.29 is 0 Å². The predicted molar refractivity (Wildman–Crippen MR) is 81.3 cm³/mol. The lowest BCUT2D eigenvalue weighted by molar-refractivity contribution is 0.572. The van der Waals surface area contributed by atoms with Gasteiger partial charge in [-0.2, -0.15) is 0 Å². The van der Waals surface area contributed by atoms with E-state index in [1.54, 1.807) is 0 Å². The van der Waals surface area contributed by atoms with E-state index in [0.29, 0.717) is 12.1 Å². The van der Waals surface area contributed by atoms with Crippen LogP contribution in [0.5, 0.6) is 0 Å². The summed E-state index contributed by atoms with van der Waals surface area (Å²) in [7, 11) is 0. The Kier molecular flexibility index (Phi) is 5.12. The van der Waals surface area contributed by atoms with Crippen molar-refractivity contribution in [3.63, 3.8) is 0 Å². The molecule has 18 heavy (non-hydrogen) atoms. The maximum Gasteiger partial charge on any atom is 0.157 e. The summed E-state index contributed by atoms with van der Waals surface area (Å²) >= 11 is 1.87. The standard InChI is InChI=1S/C15H22N2S/c1-3-13(4-2)16-15-17-14(11-18-15)10-12-8-6-5-7-9-12/h5-9,13-14H,3-4,10-11H2,1-2H3,(H,16,17). The van der Waals surface area contributed by atoms with Crippen LogP contribution in [0.1, 0.15) is 32.3 Å². The molecule has 1 N–H and O–H groups in total. The van der Waals surface area contributed by atoms with Gasteiger partial charge in [-0.1, -0.05) is 55.9 Å². The van der Waals surface area contributed by atoms with E-state index < -0.39 is 0 Å². The minimum absolute atomic E-state index is 0.439. The summed E-state index contributed by atoms with van der Waals surface area (Å²) in [6.07, 6.45) is 3.39. The van der Waals surface area contributed by atoms with E-state index in [0.717, 1.165) is 17.3 Å². The number of rotatable bonds is 5. The highest BCUT2D eigenvalue weighted by molar-refractivity contribution is 8.14. The van der Waals surface area contributed by atoms with Crippen LogP contribution < -0.4 is 5.32 Å². The van der Waals surface area contributed by atoms with E-state index in [-0.39, 0.29) is 0 Å². The molecule has 1 aliphatic heterocycles. The molecular formula is C15H22N2S. The Bertz CT molecular complexity index is 385. The van der Waals surface area contributed by atoms with E-state index in [9.17, 15) is 0 Å². The molecule has 1 aromatic carbocycles. The van der Waals surface area contributed by atoms with Gasteiger partial charge in [0.05, 0.1) is 6.04 Å². The van der Waals surface area contributed by atoms with Crippen molar-refractivity contribution in [1.82, 2.24) is 5.32 Å². The van der Waals surface area contributed by atoms with E-state index in [1.807, 2.05) is 11.8 Å². The van der Waals surface area contributed by atoms with Crippen molar-refractivity contribution in [3.8, 4) is 0 Å². The molecule has 2 nitrogen and oxygen atoms in total. The Hall–Kier alpha value is -0.960. The number of aliphatic imine (C=N–C) groups is 1. The predicted octanol–water partition coefficient (Wildman–Crippen LogP) is 3.48. The van der Waals surface area contributed by atoms with Gasteiger partial charge < -0.3 is 5.32 Å². The van der Waals surface area contributed by atoms with E-state index in [2.05, 4.69) is 49.5 Å². The van der Waals surface area contributed by atoms with E-state index in [1.165, 1.54) is 18.4 Å². The highest BCUT2D eigenvalue weighted by atomic mass is 32.2. The monoisotopic (exact) mass is 262 g/mol. The zero-order chi connectivity index (χ0) is 12.8. The van der Waals surface area contributed by atoms with Gasteiger partial charge in [-0.05, 0) is 24.8 Å². The molecule has 1 aliphatic rings. The van der Waals surface area contributed by atoms with Crippen molar-refractivity contribution in [1.29, 1.82) is 0 Å². The van der Waals surface area contributed by atoms with Gasteiger partial charge in [0.15, 0.2) is 5.17 Å². The lowest BCUT2D eigenvalue weighted by atomic mass is 10.1. The third-order valence-corrected chi connectivity index (χ3v) is 4.39. The summed E-state index contributed by atoms with van der Waals surface area (Å²) in [6, 6.07) is 11.7. The average Bonchev–Trinajstić information content (AvgIpc) is 2.84. The zero-order valence-corrected chi connectivity index (χ0v) is 12.0. The largest absolute Gasteiger partial charge is 0.362 e. The molecule has 0 fully saturated rings. The molecule has 3 heteroatoms. The summed E-state index contributed by atoms with van der Waals surface area (Å²) in [5, 5.41) is 4.69. The van der Waals surface area contributed by atoms with Crippen LogP contribution in [0, 0.1) is 0 Å². The fourth-order valence-electron chi connectivity index (χ4n) is 2.15. The molecule has 1 unspecified atom stereocenters.